The molecule has 12 N–H and O–H groups in total. The Labute approximate surface area is 272 Å². The van der Waals surface area contributed by atoms with E-state index in [1.165, 1.54) is 18.0 Å². The van der Waals surface area contributed by atoms with Crippen LogP contribution in [0.4, 0.5) is 0 Å². The molecule has 0 saturated carbocycles. The molecule has 0 aliphatic carbocycles. The highest BCUT2D eigenvalue weighted by Gasteiger charge is 2.51. The lowest BCUT2D eigenvalue weighted by Gasteiger charge is -2.46. The van der Waals surface area contributed by atoms with E-state index < -0.39 is 117 Å². The zero-order chi connectivity index (χ0) is 35.3. The number of amides is 2. The fourth-order valence-electron chi connectivity index (χ4n) is 5.40. The lowest BCUT2D eigenvalue weighted by atomic mass is 9.96. The number of aliphatic hydroxyl groups excluding tert-OH is 10. The van der Waals surface area contributed by atoms with Gasteiger partial charge in [-0.1, -0.05) is 5.21 Å². The second kappa shape index (κ2) is 16.9. The van der Waals surface area contributed by atoms with Crippen molar-refractivity contribution in [2.75, 3.05) is 20.3 Å². The first-order valence-electron chi connectivity index (χ1n) is 15.1. The number of hydrogen-bond acceptors (Lipinski definition) is 19. The van der Waals surface area contributed by atoms with Gasteiger partial charge in [-0.05, 0) is 0 Å². The summed E-state index contributed by atoms with van der Waals surface area (Å²) in [5.74, 6) is -1.32. The molecule has 0 bridgehead atoms. The molecule has 3 fully saturated rings. The van der Waals surface area contributed by atoms with Gasteiger partial charge in [-0.25, -0.2) is 4.68 Å². The fraction of sp³-hybridized carbons (Fsp3) is 0.846. The van der Waals surface area contributed by atoms with E-state index in [2.05, 4.69) is 20.9 Å². The van der Waals surface area contributed by atoms with E-state index in [0.29, 0.717) is 5.69 Å². The summed E-state index contributed by atoms with van der Waals surface area (Å²) in [4.78, 5) is 24.9. The minimum atomic E-state index is -1.83. The molecule has 1 aromatic rings. The molecule has 4 rings (SSSR count). The molecule has 274 valence electrons. The number of aromatic nitrogens is 3. The smallest absolute Gasteiger partial charge is 0.222 e. The van der Waals surface area contributed by atoms with Crippen LogP contribution in [0.2, 0.25) is 0 Å². The van der Waals surface area contributed by atoms with Gasteiger partial charge in [0.1, 0.15) is 78.9 Å². The number of carbonyl (C=O) groups excluding carboxylic acids is 2. The molecule has 1 aromatic heterocycles. The number of hydrogen-bond donors (Lipinski definition) is 12. The third-order valence-corrected chi connectivity index (χ3v) is 8.21. The van der Waals surface area contributed by atoms with E-state index in [1.807, 2.05) is 0 Å². The lowest BCUT2D eigenvalue weighted by Crippen LogP contribution is -2.66. The minimum absolute atomic E-state index is 0.0620. The van der Waals surface area contributed by atoms with Gasteiger partial charge in [0, 0.05) is 20.0 Å². The number of nitrogens with zero attached hydrogens (tertiary/aromatic N) is 3. The van der Waals surface area contributed by atoms with Crippen molar-refractivity contribution in [3.05, 3.63) is 11.9 Å². The number of rotatable bonds is 13. The Kier molecular flexibility index (Phi) is 13.5. The maximum atomic E-state index is 12.5. The first kappa shape index (κ1) is 38.3. The Morgan fingerprint density at radius 1 is 0.771 bits per heavy atom. The average molecular weight is 698 g/mol. The van der Waals surface area contributed by atoms with Crippen molar-refractivity contribution in [1.82, 2.24) is 25.6 Å². The largest absolute Gasteiger partial charge is 0.394 e. The van der Waals surface area contributed by atoms with E-state index >= 15 is 0 Å². The van der Waals surface area contributed by atoms with Gasteiger partial charge >= 0.3 is 0 Å². The van der Waals surface area contributed by atoms with Crippen molar-refractivity contribution >= 4 is 11.8 Å². The van der Waals surface area contributed by atoms with E-state index in [4.69, 9.17) is 23.7 Å². The van der Waals surface area contributed by atoms with Gasteiger partial charge in [-0.15, -0.1) is 5.10 Å². The predicted octanol–water partition coefficient (Wildman–Crippen LogP) is -8.13. The average Bonchev–Trinajstić information content (AvgIpc) is 3.53. The Bertz CT molecular complexity index is 1190. The number of aliphatic hydroxyl groups is 10. The van der Waals surface area contributed by atoms with E-state index in [1.54, 1.807) is 0 Å². The summed E-state index contributed by atoms with van der Waals surface area (Å²) in [7, 11) is 1.27. The van der Waals surface area contributed by atoms with Crippen LogP contribution in [0.15, 0.2) is 6.20 Å². The molecule has 3 saturated heterocycles. The molecule has 4 heterocycles. The molecule has 0 radical (unpaired) electrons. The zero-order valence-electron chi connectivity index (χ0n) is 25.7. The maximum absolute atomic E-state index is 12.5. The quantitative estimate of drug-likeness (QED) is 0.0910. The van der Waals surface area contributed by atoms with Crippen LogP contribution in [0.5, 0.6) is 0 Å². The highest BCUT2D eigenvalue weighted by atomic mass is 16.7. The van der Waals surface area contributed by atoms with Crippen molar-refractivity contribution in [2.24, 2.45) is 0 Å². The van der Waals surface area contributed by atoms with E-state index in [9.17, 15) is 60.7 Å². The highest BCUT2D eigenvalue weighted by molar-refractivity contribution is 5.83. The van der Waals surface area contributed by atoms with Gasteiger partial charge in [0.25, 0.3) is 0 Å². The molecule has 3 aliphatic rings. The normalized spacial score (nSPS) is 40.4. The summed E-state index contributed by atoms with van der Waals surface area (Å²) in [5, 5.41) is 113. The summed E-state index contributed by atoms with van der Waals surface area (Å²) in [6.45, 7) is -1.68. The second-order valence-corrected chi connectivity index (χ2v) is 11.6. The summed E-state index contributed by atoms with van der Waals surface area (Å²) in [6.07, 6.45) is -22.2. The van der Waals surface area contributed by atoms with Crippen LogP contribution in [0.25, 0.3) is 0 Å². The number of ether oxygens (including phenoxy) is 5. The van der Waals surface area contributed by atoms with Crippen LogP contribution < -0.4 is 10.6 Å². The molecule has 15 atom stereocenters. The molecular formula is C26H43N5O17. The number of carbonyl (C=O) groups is 2. The van der Waals surface area contributed by atoms with Crippen LogP contribution in [0.1, 0.15) is 18.5 Å². The molecule has 22 heteroatoms. The maximum Gasteiger partial charge on any atom is 0.222 e. The topological polar surface area (TPSA) is 337 Å². The van der Waals surface area contributed by atoms with Crippen molar-refractivity contribution in [3.8, 4) is 0 Å². The summed E-state index contributed by atoms with van der Waals surface area (Å²) < 4.78 is 27.9. The third kappa shape index (κ3) is 8.79. The summed E-state index contributed by atoms with van der Waals surface area (Å²) in [5.41, 5.74) is 0.310. The Balaban J connectivity index is 1.21. The number of nitrogens with one attached hydrogen (secondary N) is 2. The Morgan fingerprint density at radius 2 is 1.38 bits per heavy atom. The van der Waals surface area contributed by atoms with Crippen LogP contribution >= 0.6 is 0 Å². The lowest BCUT2D eigenvalue weighted by molar-refractivity contribution is -0.343. The molecule has 0 unspecified atom stereocenters. The monoisotopic (exact) mass is 697 g/mol. The van der Waals surface area contributed by atoms with Crippen LogP contribution in [-0.4, -0.2) is 190 Å². The van der Waals surface area contributed by atoms with Crippen molar-refractivity contribution < 1.29 is 84.3 Å². The van der Waals surface area contributed by atoms with E-state index in [0.717, 1.165) is 0 Å². The first-order valence-corrected chi connectivity index (χ1v) is 15.1. The van der Waals surface area contributed by atoms with Gasteiger partial charge in [-0.2, -0.15) is 0 Å². The molecule has 0 aromatic carbocycles. The van der Waals surface area contributed by atoms with Crippen molar-refractivity contribution in [1.29, 1.82) is 0 Å². The van der Waals surface area contributed by atoms with Crippen molar-refractivity contribution in [3.63, 3.8) is 0 Å². The van der Waals surface area contributed by atoms with E-state index in [-0.39, 0.29) is 25.9 Å². The van der Waals surface area contributed by atoms with Crippen molar-refractivity contribution in [2.45, 2.75) is 118 Å². The fourth-order valence-corrected chi connectivity index (χ4v) is 5.40. The van der Waals surface area contributed by atoms with Gasteiger partial charge < -0.3 is 85.4 Å². The Hall–Kier alpha value is -2.52. The third-order valence-electron chi connectivity index (χ3n) is 8.21. The molecule has 2 amide bonds. The Morgan fingerprint density at radius 3 is 2.02 bits per heavy atom. The zero-order valence-corrected chi connectivity index (χ0v) is 25.7. The summed E-state index contributed by atoms with van der Waals surface area (Å²) in [6, 6.07) is 0. The van der Waals surface area contributed by atoms with Gasteiger partial charge in [0.15, 0.2) is 18.8 Å². The van der Waals surface area contributed by atoms with Crippen LogP contribution in [-0.2, 0) is 46.4 Å². The highest BCUT2D eigenvalue weighted by Crippen LogP contribution is 2.29. The predicted molar refractivity (Wildman–Crippen MR) is 149 cm³/mol. The molecule has 3 aliphatic heterocycles. The molecule has 48 heavy (non-hydrogen) atoms. The second-order valence-electron chi connectivity index (χ2n) is 11.6. The van der Waals surface area contributed by atoms with Gasteiger partial charge in [0.05, 0.1) is 32.5 Å². The number of methoxy groups -OCH3 is 1. The SMILES string of the molecule is CO[C@H]1O[C@H](Cn2cc(CNC(=O)CCC(=O)N[C@@H]3O[C@H](CO)[C@@H](O[C@@H]4O[C@H](CO)[C@H](O)[C@H](O)[C@H]4O)[C@H](O)[C@H]3O)nn2)[C@@H](O)[C@H](O)[C@H]1O. The molecular weight excluding hydrogens is 654 g/mol. The molecule has 22 nitrogen and oxygen atoms in total. The van der Waals surface area contributed by atoms with Crippen LogP contribution in [0.3, 0.4) is 0 Å². The molecule has 0 spiro atoms. The van der Waals surface area contributed by atoms with Crippen LogP contribution in [0, 0.1) is 0 Å². The first-order chi connectivity index (χ1) is 22.8. The minimum Gasteiger partial charge on any atom is -0.394 e. The summed E-state index contributed by atoms with van der Waals surface area (Å²) >= 11 is 0. The van der Waals surface area contributed by atoms with Gasteiger partial charge in [-0.3, -0.25) is 9.59 Å². The standard InChI is InChI=1S/C26H43N5O17/c1-44-25-21(42)17(38)15(36)10(46-25)6-31-5-9(29-30-31)4-27-13(34)2-3-14(35)28-24-20(41)19(40)23(12(8-33)45-24)48-26-22(43)18(39)16(37)11(7-32)47-26/h5,10-12,15-26,32-33,36-43H,2-4,6-8H2,1H3,(H,27,34)(H,28,35)/t10-,11-,12-,15-,16+,17+,18+,19-,20-,21-,22-,23-,24-,25+,26+/m1/s1. The van der Waals surface area contributed by atoms with Gasteiger partial charge in [0.2, 0.25) is 11.8 Å².